The largest absolute Gasteiger partial charge is 0.393 e. The summed E-state index contributed by atoms with van der Waals surface area (Å²) in [6.45, 7) is 4.50. The summed E-state index contributed by atoms with van der Waals surface area (Å²) in [5.41, 5.74) is 3.26. The first-order valence-corrected chi connectivity index (χ1v) is 9.63. The maximum atomic E-state index is 11.5. The Bertz CT molecular complexity index is 715. The van der Waals surface area contributed by atoms with Crippen LogP contribution in [0.5, 0.6) is 0 Å². The fourth-order valence-corrected chi connectivity index (χ4v) is 3.88. The van der Waals surface area contributed by atoms with Crippen molar-refractivity contribution in [2.75, 3.05) is 13.1 Å². The molecule has 1 aliphatic heterocycles. The van der Waals surface area contributed by atoms with Gasteiger partial charge in [-0.3, -0.25) is 9.69 Å². The van der Waals surface area contributed by atoms with E-state index in [1.807, 2.05) is 25.4 Å². The van der Waals surface area contributed by atoms with Crippen LogP contribution in [-0.4, -0.2) is 39.6 Å². The van der Waals surface area contributed by atoms with Crippen LogP contribution in [-0.2, 0) is 20.0 Å². The molecule has 0 spiro atoms. The summed E-state index contributed by atoms with van der Waals surface area (Å²) in [7, 11) is 2.00. The number of hydrogen-bond acceptors (Lipinski definition) is 3. The first-order chi connectivity index (χ1) is 12.5. The van der Waals surface area contributed by atoms with Gasteiger partial charge in [-0.05, 0) is 63.2 Å². The smallest absolute Gasteiger partial charge is 0.161 e. The van der Waals surface area contributed by atoms with Gasteiger partial charge in [-0.1, -0.05) is 30.3 Å². The van der Waals surface area contributed by atoms with Gasteiger partial charge in [-0.25, -0.2) is 0 Å². The van der Waals surface area contributed by atoms with E-state index in [9.17, 15) is 9.90 Å². The van der Waals surface area contributed by atoms with Crippen LogP contribution in [0.2, 0.25) is 0 Å². The highest BCUT2D eigenvalue weighted by Gasteiger charge is 2.25. The topological polar surface area (TPSA) is 45.5 Å². The molecule has 1 aromatic carbocycles. The van der Waals surface area contributed by atoms with Gasteiger partial charge in [-0.2, -0.15) is 0 Å². The van der Waals surface area contributed by atoms with Gasteiger partial charge in [0.25, 0.3) is 0 Å². The summed E-state index contributed by atoms with van der Waals surface area (Å²) >= 11 is 0. The quantitative estimate of drug-likeness (QED) is 0.775. The molecular weight excluding hydrogens is 324 g/mol. The molecule has 1 fully saturated rings. The highest BCUT2D eigenvalue weighted by Crippen LogP contribution is 2.25. The molecule has 2 aromatic rings. The van der Waals surface area contributed by atoms with E-state index in [2.05, 4.69) is 33.7 Å². The highest BCUT2D eigenvalue weighted by atomic mass is 16.3. The molecule has 2 heterocycles. The van der Waals surface area contributed by atoms with Crippen LogP contribution in [0.25, 0.3) is 0 Å². The molecule has 0 saturated carbocycles. The minimum absolute atomic E-state index is 0.118. The third-order valence-corrected chi connectivity index (χ3v) is 5.65. The van der Waals surface area contributed by atoms with Gasteiger partial charge in [0.2, 0.25) is 0 Å². The van der Waals surface area contributed by atoms with Crippen LogP contribution in [0.4, 0.5) is 0 Å². The third-order valence-electron chi connectivity index (χ3n) is 5.65. The lowest BCUT2D eigenvalue weighted by atomic mass is 9.88. The van der Waals surface area contributed by atoms with Crippen molar-refractivity contribution in [3.05, 3.63) is 59.4 Å². The lowest BCUT2D eigenvalue weighted by molar-refractivity contribution is 0.0514. The Morgan fingerprint density at radius 2 is 1.92 bits per heavy atom. The highest BCUT2D eigenvalue weighted by molar-refractivity contribution is 5.94. The Kier molecular flexibility index (Phi) is 6.28. The first kappa shape index (κ1) is 18.9. The molecule has 3 rings (SSSR count). The van der Waals surface area contributed by atoms with Crippen LogP contribution in [0.3, 0.4) is 0 Å². The maximum absolute atomic E-state index is 11.5. The van der Waals surface area contributed by atoms with E-state index in [4.69, 9.17) is 0 Å². The van der Waals surface area contributed by atoms with E-state index in [0.29, 0.717) is 5.92 Å². The lowest BCUT2D eigenvalue weighted by Gasteiger charge is -2.34. The second kappa shape index (κ2) is 8.65. The molecule has 1 N–H and O–H groups in total. The van der Waals surface area contributed by atoms with Gasteiger partial charge in [0.1, 0.15) is 0 Å². The summed E-state index contributed by atoms with van der Waals surface area (Å²) < 4.78 is 2.05. The number of aromatic nitrogens is 1. The van der Waals surface area contributed by atoms with Crippen molar-refractivity contribution in [3.8, 4) is 0 Å². The number of rotatable bonds is 7. The molecule has 4 nitrogen and oxygen atoms in total. The molecule has 1 saturated heterocycles. The molecule has 1 atom stereocenters. The molecule has 0 bridgehead atoms. The number of nitrogens with zero attached hydrogens (tertiary/aromatic N) is 2. The van der Waals surface area contributed by atoms with E-state index in [-0.39, 0.29) is 11.9 Å². The van der Waals surface area contributed by atoms with Crippen molar-refractivity contribution in [2.45, 2.75) is 45.3 Å². The van der Waals surface area contributed by atoms with Crippen molar-refractivity contribution in [2.24, 2.45) is 13.0 Å². The Morgan fingerprint density at radius 3 is 2.54 bits per heavy atom. The molecule has 0 radical (unpaired) electrons. The molecule has 0 aliphatic carbocycles. The number of carbonyl (C=O) groups excluding carboxylic acids is 1. The standard InChI is InChI=1S/C22H30N2O2/c1-17(25)20-14-21(23(2)15-20)16-24-12-10-19(11-13-24)22(26)9-8-18-6-4-3-5-7-18/h3-7,14-15,19,22,26H,8-13,16H2,1-2H3. The summed E-state index contributed by atoms with van der Waals surface area (Å²) in [4.78, 5) is 14.0. The van der Waals surface area contributed by atoms with Crippen LogP contribution in [0, 0.1) is 5.92 Å². The SMILES string of the molecule is CC(=O)c1cc(CN2CCC(C(O)CCc3ccccc3)CC2)n(C)c1. The monoisotopic (exact) mass is 354 g/mol. The van der Waals surface area contributed by atoms with E-state index in [1.54, 1.807) is 6.92 Å². The number of aryl methyl sites for hydroxylation is 2. The number of piperidine rings is 1. The fraction of sp³-hybridized carbons (Fsp3) is 0.500. The number of ketones is 1. The molecule has 4 heteroatoms. The second-order valence-electron chi connectivity index (χ2n) is 7.59. The average Bonchev–Trinajstić information content (AvgIpc) is 3.02. The Morgan fingerprint density at radius 1 is 1.23 bits per heavy atom. The maximum Gasteiger partial charge on any atom is 0.161 e. The van der Waals surface area contributed by atoms with Gasteiger partial charge in [0.15, 0.2) is 5.78 Å². The molecule has 140 valence electrons. The zero-order valence-electron chi connectivity index (χ0n) is 15.9. The number of benzene rings is 1. The van der Waals surface area contributed by atoms with Crippen molar-refractivity contribution < 1.29 is 9.90 Å². The van der Waals surface area contributed by atoms with Crippen molar-refractivity contribution >= 4 is 5.78 Å². The summed E-state index contributed by atoms with van der Waals surface area (Å²) in [6, 6.07) is 12.4. The van der Waals surface area contributed by atoms with Crippen molar-refractivity contribution in [1.29, 1.82) is 0 Å². The molecular formula is C22H30N2O2. The van der Waals surface area contributed by atoms with Crippen molar-refractivity contribution in [1.82, 2.24) is 9.47 Å². The van der Waals surface area contributed by atoms with E-state index >= 15 is 0 Å². The predicted octanol–water partition coefficient (Wildman–Crippen LogP) is 3.43. The fourth-order valence-electron chi connectivity index (χ4n) is 3.88. The summed E-state index contributed by atoms with van der Waals surface area (Å²) in [6.07, 6.45) is 5.57. The van der Waals surface area contributed by atoms with Gasteiger partial charge in [0.05, 0.1) is 6.10 Å². The number of carbonyl (C=O) groups is 1. The number of likely N-dealkylation sites (tertiary alicyclic amines) is 1. The van der Waals surface area contributed by atoms with Crippen LogP contribution in [0.15, 0.2) is 42.6 Å². The average molecular weight is 354 g/mol. The normalized spacial score (nSPS) is 17.3. The Hall–Kier alpha value is -1.91. The van der Waals surface area contributed by atoms with E-state index < -0.39 is 0 Å². The predicted molar refractivity (Wildman–Crippen MR) is 104 cm³/mol. The Labute approximate surface area is 156 Å². The number of Topliss-reactive ketones (excluding diaryl/α,β-unsaturated/α-hetero) is 1. The van der Waals surface area contributed by atoms with E-state index in [0.717, 1.165) is 50.9 Å². The molecule has 1 unspecified atom stereocenters. The van der Waals surface area contributed by atoms with Gasteiger partial charge in [-0.15, -0.1) is 0 Å². The number of aliphatic hydroxyl groups is 1. The first-order valence-electron chi connectivity index (χ1n) is 9.63. The third kappa shape index (κ3) is 4.83. The number of hydrogen-bond donors (Lipinski definition) is 1. The molecule has 0 amide bonds. The zero-order valence-corrected chi connectivity index (χ0v) is 15.9. The minimum atomic E-state index is -0.211. The number of aliphatic hydroxyl groups excluding tert-OH is 1. The Balaban J connectivity index is 1.45. The molecule has 26 heavy (non-hydrogen) atoms. The molecule has 1 aromatic heterocycles. The van der Waals surface area contributed by atoms with Gasteiger partial charge < -0.3 is 9.67 Å². The van der Waals surface area contributed by atoms with E-state index in [1.165, 1.54) is 11.3 Å². The van der Waals surface area contributed by atoms with Crippen molar-refractivity contribution in [3.63, 3.8) is 0 Å². The van der Waals surface area contributed by atoms with Crippen LogP contribution < -0.4 is 0 Å². The zero-order chi connectivity index (χ0) is 18.5. The van der Waals surface area contributed by atoms with Crippen LogP contribution in [0.1, 0.15) is 47.8 Å². The minimum Gasteiger partial charge on any atom is -0.393 e. The summed E-state index contributed by atoms with van der Waals surface area (Å²) in [5, 5.41) is 10.6. The van der Waals surface area contributed by atoms with Gasteiger partial charge in [0, 0.05) is 31.0 Å². The summed E-state index contributed by atoms with van der Waals surface area (Å²) in [5.74, 6) is 0.517. The van der Waals surface area contributed by atoms with Gasteiger partial charge >= 0.3 is 0 Å². The van der Waals surface area contributed by atoms with Crippen LogP contribution >= 0.6 is 0 Å². The molecule has 1 aliphatic rings. The second-order valence-corrected chi connectivity index (χ2v) is 7.59. The lowest BCUT2D eigenvalue weighted by Crippen LogP contribution is -2.37.